The molecule has 28 heavy (non-hydrogen) atoms. The van der Waals surface area contributed by atoms with Crippen LogP contribution in [0.15, 0.2) is 60.0 Å². The Balaban J connectivity index is 1.78. The van der Waals surface area contributed by atoms with E-state index in [2.05, 4.69) is 44.1 Å². The molecule has 0 radical (unpaired) electrons. The van der Waals surface area contributed by atoms with Crippen molar-refractivity contribution in [2.45, 2.75) is 44.4 Å². The predicted octanol–water partition coefficient (Wildman–Crippen LogP) is 3.79. The van der Waals surface area contributed by atoms with Gasteiger partial charge in [-0.1, -0.05) is 55.4 Å². The first-order valence-corrected chi connectivity index (χ1v) is 10.5. The van der Waals surface area contributed by atoms with Crippen LogP contribution in [0, 0.1) is 0 Å². The zero-order chi connectivity index (χ0) is 19.8. The van der Waals surface area contributed by atoms with Crippen LogP contribution >= 0.6 is 11.8 Å². The van der Waals surface area contributed by atoms with E-state index in [-0.39, 0.29) is 11.9 Å². The minimum atomic E-state index is 0.0191. The fourth-order valence-corrected chi connectivity index (χ4v) is 3.72. The van der Waals surface area contributed by atoms with Crippen LogP contribution in [-0.2, 0) is 11.3 Å². The van der Waals surface area contributed by atoms with Gasteiger partial charge in [-0.2, -0.15) is 0 Å². The van der Waals surface area contributed by atoms with Gasteiger partial charge in [0.15, 0.2) is 11.0 Å². The maximum Gasteiger partial charge on any atom is 0.230 e. The largest absolute Gasteiger partial charge is 0.353 e. The Bertz CT molecular complexity index is 882. The average Bonchev–Trinajstić information content (AvgIpc) is 3.10. The third-order valence-electron chi connectivity index (χ3n) is 4.30. The number of hydrogen-bond acceptors (Lipinski definition) is 5. The molecule has 1 amide bonds. The number of benzene rings is 1. The van der Waals surface area contributed by atoms with Gasteiger partial charge in [-0.3, -0.25) is 14.3 Å². The number of nitrogens with one attached hydrogen (secondary N) is 1. The van der Waals surface area contributed by atoms with Crippen molar-refractivity contribution >= 4 is 17.7 Å². The highest BCUT2D eigenvalue weighted by molar-refractivity contribution is 7.99. The number of carbonyl (C=O) groups excluding carboxylic acids is 1. The number of carbonyl (C=O) groups is 1. The second-order valence-corrected chi connectivity index (χ2v) is 7.60. The predicted molar refractivity (Wildman–Crippen MR) is 112 cm³/mol. The molecule has 0 fully saturated rings. The number of amides is 1. The first-order chi connectivity index (χ1) is 13.7. The molecule has 2 aromatic heterocycles. The van der Waals surface area contributed by atoms with Crippen LogP contribution in [0.3, 0.4) is 0 Å². The van der Waals surface area contributed by atoms with E-state index in [0.717, 1.165) is 34.9 Å². The van der Waals surface area contributed by atoms with Gasteiger partial charge in [0.05, 0.1) is 12.3 Å². The van der Waals surface area contributed by atoms with Crippen LogP contribution in [0.5, 0.6) is 0 Å². The Morgan fingerprint density at radius 3 is 2.61 bits per heavy atom. The summed E-state index contributed by atoms with van der Waals surface area (Å²) in [6, 6.07) is 14.2. The van der Waals surface area contributed by atoms with Gasteiger partial charge in [-0.05, 0) is 31.0 Å². The summed E-state index contributed by atoms with van der Waals surface area (Å²) >= 11 is 1.41. The minimum absolute atomic E-state index is 0.0191. The van der Waals surface area contributed by atoms with E-state index in [0.29, 0.717) is 12.3 Å². The second kappa shape index (κ2) is 10.0. The molecule has 1 unspecified atom stereocenters. The molecule has 0 spiro atoms. The molecule has 1 aromatic carbocycles. The summed E-state index contributed by atoms with van der Waals surface area (Å²) in [6.07, 6.45) is 5.51. The van der Waals surface area contributed by atoms with Crippen LogP contribution in [0.25, 0.3) is 11.4 Å². The van der Waals surface area contributed by atoms with Crippen LogP contribution in [0.1, 0.15) is 32.3 Å². The van der Waals surface area contributed by atoms with Crippen LogP contribution in [-0.4, -0.2) is 37.5 Å². The monoisotopic (exact) mass is 395 g/mol. The summed E-state index contributed by atoms with van der Waals surface area (Å²) in [5, 5.41) is 12.5. The molecule has 3 rings (SSSR count). The SMILES string of the molecule is CCCC(C)NC(=O)CSc1nnc(-c2ccncc2)n1Cc1ccccc1. The number of thioether (sulfide) groups is 1. The van der Waals surface area contributed by atoms with Gasteiger partial charge in [0.25, 0.3) is 0 Å². The molecule has 7 heteroatoms. The van der Waals surface area contributed by atoms with Gasteiger partial charge >= 0.3 is 0 Å². The number of pyridine rings is 1. The molecule has 2 heterocycles. The van der Waals surface area contributed by atoms with Crippen molar-refractivity contribution in [2.24, 2.45) is 0 Å². The van der Waals surface area contributed by atoms with Crippen molar-refractivity contribution in [3.05, 3.63) is 60.4 Å². The zero-order valence-electron chi connectivity index (χ0n) is 16.2. The van der Waals surface area contributed by atoms with E-state index >= 15 is 0 Å². The topological polar surface area (TPSA) is 72.7 Å². The first-order valence-electron chi connectivity index (χ1n) is 9.47. The smallest absolute Gasteiger partial charge is 0.230 e. The van der Waals surface area contributed by atoms with Crippen LogP contribution < -0.4 is 5.32 Å². The molecule has 3 aromatic rings. The summed E-state index contributed by atoms with van der Waals surface area (Å²) in [6.45, 7) is 4.79. The van der Waals surface area contributed by atoms with Crippen LogP contribution in [0.4, 0.5) is 0 Å². The van der Waals surface area contributed by atoms with E-state index in [1.54, 1.807) is 12.4 Å². The molecular formula is C21H25N5OS. The maximum absolute atomic E-state index is 12.3. The Morgan fingerprint density at radius 1 is 1.14 bits per heavy atom. The Morgan fingerprint density at radius 2 is 1.89 bits per heavy atom. The highest BCUT2D eigenvalue weighted by Crippen LogP contribution is 2.24. The van der Waals surface area contributed by atoms with E-state index in [4.69, 9.17) is 0 Å². The lowest BCUT2D eigenvalue weighted by molar-refractivity contribution is -0.119. The minimum Gasteiger partial charge on any atom is -0.353 e. The lowest BCUT2D eigenvalue weighted by Crippen LogP contribution is -2.33. The van der Waals surface area contributed by atoms with Crippen molar-refractivity contribution in [3.63, 3.8) is 0 Å². The van der Waals surface area contributed by atoms with Crippen molar-refractivity contribution in [1.82, 2.24) is 25.1 Å². The highest BCUT2D eigenvalue weighted by Gasteiger charge is 2.16. The summed E-state index contributed by atoms with van der Waals surface area (Å²) in [5.41, 5.74) is 2.10. The molecule has 6 nitrogen and oxygen atoms in total. The number of rotatable bonds is 9. The Kier molecular flexibility index (Phi) is 7.19. The standard InChI is InChI=1S/C21H25N5OS/c1-3-7-16(2)23-19(27)15-28-21-25-24-20(18-10-12-22-13-11-18)26(21)14-17-8-5-4-6-9-17/h4-6,8-13,16H,3,7,14-15H2,1-2H3,(H,23,27). The Labute approximate surface area is 169 Å². The van der Waals surface area contributed by atoms with Gasteiger partial charge in [0.2, 0.25) is 5.91 Å². The third kappa shape index (κ3) is 5.42. The number of nitrogens with zero attached hydrogens (tertiary/aromatic N) is 4. The molecule has 146 valence electrons. The number of aromatic nitrogens is 4. The van der Waals surface area contributed by atoms with Crippen molar-refractivity contribution < 1.29 is 4.79 Å². The first kappa shape index (κ1) is 20.1. The van der Waals surface area contributed by atoms with E-state index in [1.165, 1.54) is 11.8 Å². The van der Waals surface area contributed by atoms with Crippen molar-refractivity contribution in [2.75, 3.05) is 5.75 Å². The molecule has 0 aliphatic carbocycles. The van der Waals surface area contributed by atoms with Gasteiger partial charge in [-0.25, -0.2) is 0 Å². The second-order valence-electron chi connectivity index (χ2n) is 6.66. The van der Waals surface area contributed by atoms with E-state index in [9.17, 15) is 4.79 Å². The third-order valence-corrected chi connectivity index (χ3v) is 5.27. The fourth-order valence-electron chi connectivity index (χ4n) is 2.97. The Hall–Kier alpha value is -2.67. The average molecular weight is 396 g/mol. The maximum atomic E-state index is 12.3. The summed E-state index contributed by atoms with van der Waals surface area (Å²) < 4.78 is 2.05. The molecule has 1 atom stereocenters. The molecule has 0 saturated heterocycles. The molecular weight excluding hydrogens is 370 g/mol. The van der Waals surface area contributed by atoms with Gasteiger partial charge in [0.1, 0.15) is 0 Å². The fraction of sp³-hybridized carbons (Fsp3) is 0.333. The lowest BCUT2D eigenvalue weighted by Gasteiger charge is -2.13. The van der Waals surface area contributed by atoms with Gasteiger partial charge < -0.3 is 5.32 Å². The zero-order valence-corrected chi connectivity index (χ0v) is 17.0. The normalized spacial score (nSPS) is 11.9. The van der Waals surface area contributed by atoms with E-state index in [1.807, 2.05) is 37.3 Å². The molecule has 0 aliphatic heterocycles. The quantitative estimate of drug-likeness (QED) is 0.558. The molecule has 1 N–H and O–H groups in total. The van der Waals surface area contributed by atoms with Crippen molar-refractivity contribution in [1.29, 1.82) is 0 Å². The molecule has 0 aliphatic rings. The van der Waals surface area contributed by atoms with E-state index < -0.39 is 0 Å². The van der Waals surface area contributed by atoms with Gasteiger partial charge in [-0.15, -0.1) is 10.2 Å². The summed E-state index contributed by atoms with van der Waals surface area (Å²) in [5.74, 6) is 1.11. The molecule has 0 bridgehead atoms. The van der Waals surface area contributed by atoms with Crippen LogP contribution in [0.2, 0.25) is 0 Å². The lowest BCUT2D eigenvalue weighted by atomic mass is 10.2. The molecule has 0 saturated carbocycles. The van der Waals surface area contributed by atoms with Crippen molar-refractivity contribution in [3.8, 4) is 11.4 Å². The highest BCUT2D eigenvalue weighted by atomic mass is 32.2. The number of hydrogen-bond donors (Lipinski definition) is 1. The summed E-state index contributed by atoms with van der Waals surface area (Å²) in [7, 11) is 0. The van der Waals surface area contributed by atoms with Gasteiger partial charge in [0, 0.05) is 24.0 Å². The summed E-state index contributed by atoms with van der Waals surface area (Å²) in [4.78, 5) is 16.3.